The molecule has 1 aromatic heterocycles. The number of nitrogens with zero attached hydrogens (tertiary/aromatic N) is 2. The van der Waals surface area contributed by atoms with Gasteiger partial charge in [0.25, 0.3) is 5.91 Å². The van der Waals surface area contributed by atoms with Crippen molar-refractivity contribution in [2.75, 3.05) is 10.6 Å². The van der Waals surface area contributed by atoms with E-state index in [0.29, 0.717) is 16.9 Å². The fraction of sp³-hybridized carbons (Fsp3) is 0.105. The van der Waals surface area contributed by atoms with Crippen LogP contribution in [0.2, 0.25) is 0 Å². The predicted octanol–water partition coefficient (Wildman–Crippen LogP) is 1.96. The second kappa shape index (κ2) is 6.83. The van der Waals surface area contributed by atoms with Crippen molar-refractivity contribution in [2.24, 2.45) is 14.1 Å². The molecule has 3 aromatic rings. The molecule has 3 rings (SSSR count). The number of phenols is 1. The van der Waals surface area contributed by atoms with Crippen molar-refractivity contribution in [3.63, 3.8) is 0 Å². The summed E-state index contributed by atoms with van der Waals surface area (Å²) >= 11 is 0. The van der Waals surface area contributed by atoms with Gasteiger partial charge < -0.3 is 15.7 Å². The minimum atomic E-state index is -0.553. The monoisotopic (exact) mass is 366 g/mol. The van der Waals surface area contributed by atoms with Crippen molar-refractivity contribution in [3.05, 3.63) is 65.1 Å². The maximum atomic E-state index is 12.6. The fourth-order valence-corrected chi connectivity index (χ4v) is 2.77. The summed E-state index contributed by atoms with van der Waals surface area (Å²) in [7, 11) is 3.32. The third-order valence-electron chi connectivity index (χ3n) is 4.22. The van der Waals surface area contributed by atoms with Gasteiger partial charge in [0.05, 0.1) is 16.6 Å². The van der Waals surface area contributed by atoms with Crippen LogP contribution in [0.25, 0.3) is 11.0 Å². The largest absolute Gasteiger partial charge is 0.507 e. The van der Waals surface area contributed by atoms with Gasteiger partial charge in [0.1, 0.15) is 5.75 Å². The molecule has 2 aromatic carbocycles. The van der Waals surface area contributed by atoms with Crippen LogP contribution < -0.4 is 16.3 Å². The highest BCUT2D eigenvalue weighted by molar-refractivity contribution is 6.08. The first kappa shape index (κ1) is 18.0. The first-order chi connectivity index (χ1) is 12.8. The van der Waals surface area contributed by atoms with E-state index in [1.54, 1.807) is 32.3 Å². The first-order valence-electron chi connectivity index (χ1n) is 8.05. The molecule has 0 aliphatic rings. The van der Waals surface area contributed by atoms with Gasteiger partial charge in [0.15, 0.2) is 0 Å². The molecular formula is C19H18N4O4. The van der Waals surface area contributed by atoms with E-state index in [0.717, 1.165) is 11.6 Å². The van der Waals surface area contributed by atoms with Crippen LogP contribution in [-0.2, 0) is 18.9 Å². The smallest absolute Gasteiger partial charge is 0.328 e. The number of imidazole rings is 1. The third kappa shape index (κ3) is 3.32. The maximum Gasteiger partial charge on any atom is 0.328 e. The lowest BCUT2D eigenvalue weighted by molar-refractivity contribution is -0.111. The van der Waals surface area contributed by atoms with Gasteiger partial charge in [-0.1, -0.05) is 6.58 Å². The Labute approximate surface area is 154 Å². The molecule has 0 fully saturated rings. The number of hydrogen-bond donors (Lipinski definition) is 3. The summed E-state index contributed by atoms with van der Waals surface area (Å²) in [6.45, 7) is 3.36. The number of hydrogen-bond acceptors (Lipinski definition) is 4. The zero-order chi connectivity index (χ0) is 19.7. The van der Waals surface area contributed by atoms with Gasteiger partial charge in [0, 0.05) is 25.5 Å². The molecule has 8 heteroatoms. The number of phenolic OH excluding ortho intramolecular Hbond substituents is 1. The molecule has 1 heterocycles. The number of aryl methyl sites for hydroxylation is 2. The van der Waals surface area contributed by atoms with Crippen molar-refractivity contribution in [3.8, 4) is 5.75 Å². The van der Waals surface area contributed by atoms with Crippen LogP contribution in [0.3, 0.4) is 0 Å². The number of carbonyl (C=O) groups is 2. The molecule has 0 spiro atoms. The molecule has 0 atom stereocenters. The molecule has 3 N–H and O–H groups in total. The van der Waals surface area contributed by atoms with Crippen LogP contribution in [0, 0.1) is 0 Å². The lowest BCUT2D eigenvalue weighted by atomic mass is 10.1. The van der Waals surface area contributed by atoms with Crippen LogP contribution in [-0.4, -0.2) is 26.1 Å². The number of aromatic nitrogens is 2. The highest BCUT2D eigenvalue weighted by Gasteiger charge is 2.14. The van der Waals surface area contributed by atoms with Crippen molar-refractivity contribution >= 4 is 34.2 Å². The molecule has 0 aliphatic heterocycles. The van der Waals surface area contributed by atoms with E-state index in [-0.39, 0.29) is 17.0 Å². The number of amides is 2. The Morgan fingerprint density at radius 1 is 1.00 bits per heavy atom. The molecule has 2 amide bonds. The third-order valence-corrected chi connectivity index (χ3v) is 4.22. The average molecular weight is 366 g/mol. The van der Waals surface area contributed by atoms with Gasteiger partial charge >= 0.3 is 5.69 Å². The van der Waals surface area contributed by atoms with E-state index in [4.69, 9.17) is 0 Å². The van der Waals surface area contributed by atoms with Gasteiger partial charge in [-0.15, -0.1) is 0 Å². The number of carbonyl (C=O) groups excluding carboxylic acids is 2. The van der Waals surface area contributed by atoms with Gasteiger partial charge in [-0.2, -0.15) is 0 Å². The molecule has 0 saturated carbocycles. The Morgan fingerprint density at radius 2 is 1.63 bits per heavy atom. The van der Waals surface area contributed by atoms with Crippen LogP contribution in [0.4, 0.5) is 11.4 Å². The lowest BCUT2D eigenvalue weighted by Crippen LogP contribution is -2.19. The van der Waals surface area contributed by atoms with Crippen molar-refractivity contribution < 1.29 is 14.7 Å². The van der Waals surface area contributed by atoms with Gasteiger partial charge in [-0.25, -0.2) is 4.79 Å². The minimum absolute atomic E-state index is 0.00101. The van der Waals surface area contributed by atoms with Crippen LogP contribution >= 0.6 is 0 Å². The SMILES string of the molecule is C=CC(=O)Nc1ccc(O)c(C(=O)Nc2ccc3c(c2)n(C)c(=O)n3C)c1. The summed E-state index contributed by atoms with van der Waals surface area (Å²) in [6, 6.07) is 9.22. The molecule has 0 aliphatic carbocycles. The Hall–Kier alpha value is -3.81. The van der Waals surface area contributed by atoms with Crippen molar-refractivity contribution in [1.29, 1.82) is 0 Å². The number of fused-ring (bicyclic) bond motifs is 1. The van der Waals surface area contributed by atoms with Crippen molar-refractivity contribution in [2.45, 2.75) is 0 Å². The topological polar surface area (TPSA) is 105 Å². The molecule has 0 radical (unpaired) electrons. The first-order valence-corrected chi connectivity index (χ1v) is 8.05. The summed E-state index contributed by atoms with van der Waals surface area (Å²) in [6.07, 6.45) is 1.10. The summed E-state index contributed by atoms with van der Waals surface area (Å²) in [5.41, 5.74) is 2.04. The lowest BCUT2D eigenvalue weighted by Gasteiger charge is -2.10. The predicted molar refractivity (Wildman–Crippen MR) is 103 cm³/mol. The van der Waals surface area contributed by atoms with E-state index in [9.17, 15) is 19.5 Å². The van der Waals surface area contributed by atoms with E-state index in [1.807, 2.05) is 0 Å². The number of benzene rings is 2. The molecular weight excluding hydrogens is 348 g/mol. The Bertz CT molecular complexity index is 1140. The summed E-state index contributed by atoms with van der Waals surface area (Å²) < 4.78 is 2.99. The maximum absolute atomic E-state index is 12.6. The van der Waals surface area contributed by atoms with Gasteiger partial charge in [-0.3, -0.25) is 18.7 Å². The molecule has 27 heavy (non-hydrogen) atoms. The highest BCUT2D eigenvalue weighted by Crippen LogP contribution is 2.24. The Balaban J connectivity index is 1.91. The second-order valence-corrected chi connectivity index (χ2v) is 5.98. The normalized spacial score (nSPS) is 10.6. The van der Waals surface area contributed by atoms with Gasteiger partial charge in [-0.05, 0) is 42.5 Å². The van der Waals surface area contributed by atoms with E-state index in [1.165, 1.54) is 27.3 Å². The summed E-state index contributed by atoms with van der Waals surface area (Å²) in [5.74, 6) is -1.21. The van der Waals surface area contributed by atoms with Crippen LogP contribution in [0.5, 0.6) is 5.75 Å². The fourth-order valence-electron chi connectivity index (χ4n) is 2.77. The highest BCUT2D eigenvalue weighted by atomic mass is 16.3. The number of rotatable bonds is 4. The number of anilines is 2. The average Bonchev–Trinajstić information content (AvgIpc) is 2.87. The standard InChI is InChI=1S/C19H18N4O4/c1-4-17(25)20-11-6-8-16(24)13(9-11)18(26)21-12-5-7-14-15(10-12)23(3)19(27)22(14)2/h4-10,24H,1H2,2-3H3,(H,20,25)(H,21,26). The summed E-state index contributed by atoms with van der Waals surface area (Å²) in [4.78, 5) is 36.0. The van der Waals surface area contributed by atoms with Crippen molar-refractivity contribution in [1.82, 2.24) is 9.13 Å². The Morgan fingerprint density at radius 3 is 2.33 bits per heavy atom. The van der Waals surface area contributed by atoms with E-state index in [2.05, 4.69) is 17.2 Å². The zero-order valence-corrected chi connectivity index (χ0v) is 14.8. The minimum Gasteiger partial charge on any atom is -0.507 e. The quantitative estimate of drug-likeness (QED) is 0.485. The van der Waals surface area contributed by atoms with Gasteiger partial charge in [0.2, 0.25) is 5.91 Å². The molecule has 0 bridgehead atoms. The number of aromatic hydroxyl groups is 1. The van der Waals surface area contributed by atoms with Crippen LogP contribution in [0.1, 0.15) is 10.4 Å². The second-order valence-electron chi connectivity index (χ2n) is 5.98. The van der Waals surface area contributed by atoms with E-state index < -0.39 is 11.8 Å². The molecule has 138 valence electrons. The van der Waals surface area contributed by atoms with E-state index >= 15 is 0 Å². The van der Waals surface area contributed by atoms with Crippen LogP contribution in [0.15, 0.2) is 53.8 Å². The molecule has 0 unspecified atom stereocenters. The number of nitrogens with one attached hydrogen (secondary N) is 2. The molecule has 8 nitrogen and oxygen atoms in total. The molecule has 0 saturated heterocycles. The zero-order valence-electron chi connectivity index (χ0n) is 14.8. The Kier molecular flexibility index (Phi) is 4.55. The summed E-state index contributed by atoms with van der Waals surface area (Å²) in [5, 5.41) is 15.2.